The molecule has 1 aromatic heterocycles. The summed E-state index contributed by atoms with van der Waals surface area (Å²) in [6, 6.07) is 0.419. The number of carbonyl (C=O) groups is 1. The van der Waals surface area contributed by atoms with Gasteiger partial charge in [0.2, 0.25) is 0 Å². The van der Waals surface area contributed by atoms with Gasteiger partial charge in [-0.05, 0) is 31.3 Å². The van der Waals surface area contributed by atoms with E-state index in [0.717, 1.165) is 25.9 Å². The average molecular weight is 225 g/mol. The van der Waals surface area contributed by atoms with Crippen LogP contribution in [0.25, 0.3) is 0 Å². The Morgan fingerprint density at radius 3 is 2.88 bits per heavy atom. The summed E-state index contributed by atoms with van der Waals surface area (Å²) < 4.78 is 9.82. The van der Waals surface area contributed by atoms with E-state index in [1.165, 1.54) is 6.42 Å². The van der Waals surface area contributed by atoms with Gasteiger partial charge in [-0.25, -0.2) is 4.79 Å². The van der Waals surface area contributed by atoms with Gasteiger partial charge in [0.1, 0.15) is 0 Å². The molecule has 0 N–H and O–H groups in total. The van der Waals surface area contributed by atoms with Crippen molar-refractivity contribution in [1.82, 2.24) is 10.1 Å². The Labute approximate surface area is 93.6 Å². The summed E-state index contributed by atoms with van der Waals surface area (Å²) in [6.07, 6.45) is 3.48. The van der Waals surface area contributed by atoms with Crippen molar-refractivity contribution in [2.75, 3.05) is 24.6 Å². The number of esters is 1. The molecule has 2 heterocycles. The molecule has 1 aromatic rings. The molecular weight excluding hydrogens is 210 g/mol. The van der Waals surface area contributed by atoms with E-state index < -0.39 is 5.97 Å². The third-order valence-corrected chi connectivity index (χ3v) is 2.50. The summed E-state index contributed by atoms with van der Waals surface area (Å²) in [5.41, 5.74) is 0. The van der Waals surface area contributed by atoms with E-state index in [1.807, 2.05) is 4.90 Å². The van der Waals surface area contributed by atoms with Crippen LogP contribution in [0.4, 0.5) is 6.01 Å². The Kier molecular flexibility index (Phi) is 3.38. The number of aromatic nitrogens is 2. The number of ether oxygens (including phenoxy) is 1. The van der Waals surface area contributed by atoms with Crippen molar-refractivity contribution in [2.24, 2.45) is 0 Å². The number of rotatable bonds is 3. The van der Waals surface area contributed by atoms with Crippen LogP contribution >= 0.6 is 0 Å². The van der Waals surface area contributed by atoms with Crippen molar-refractivity contribution < 1.29 is 14.1 Å². The van der Waals surface area contributed by atoms with E-state index in [0.29, 0.717) is 12.6 Å². The zero-order valence-electron chi connectivity index (χ0n) is 9.31. The molecule has 1 aliphatic heterocycles. The Hall–Kier alpha value is -1.59. The fourth-order valence-corrected chi connectivity index (χ4v) is 1.71. The summed E-state index contributed by atoms with van der Waals surface area (Å²) in [5.74, 6) is -0.531. The molecule has 6 nitrogen and oxygen atoms in total. The molecule has 6 heteroatoms. The van der Waals surface area contributed by atoms with Crippen molar-refractivity contribution >= 4 is 12.0 Å². The van der Waals surface area contributed by atoms with Crippen molar-refractivity contribution in [2.45, 2.75) is 26.2 Å². The third-order valence-electron chi connectivity index (χ3n) is 2.50. The number of nitrogens with zero attached hydrogens (tertiary/aromatic N) is 3. The van der Waals surface area contributed by atoms with Crippen molar-refractivity contribution in [1.29, 1.82) is 0 Å². The van der Waals surface area contributed by atoms with Crippen LogP contribution in [0.5, 0.6) is 0 Å². The molecule has 88 valence electrons. The molecule has 0 amide bonds. The second kappa shape index (κ2) is 4.96. The Bertz CT molecular complexity index is 358. The van der Waals surface area contributed by atoms with Crippen LogP contribution in [0.1, 0.15) is 36.8 Å². The number of piperidine rings is 1. The van der Waals surface area contributed by atoms with E-state index >= 15 is 0 Å². The molecule has 1 fully saturated rings. The van der Waals surface area contributed by atoms with Crippen LogP contribution in [-0.4, -0.2) is 35.8 Å². The quantitative estimate of drug-likeness (QED) is 0.721. The number of hydrogen-bond donors (Lipinski definition) is 0. The van der Waals surface area contributed by atoms with E-state index in [-0.39, 0.29) is 5.82 Å². The highest BCUT2D eigenvalue weighted by molar-refractivity contribution is 5.85. The molecular formula is C10H15N3O3. The predicted octanol–water partition coefficient (Wildman–Crippen LogP) is 1.24. The van der Waals surface area contributed by atoms with Gasteiger partial charge in [-0.1, -0.05) is 0 Å². The average Bonchev–Trinajstić information content (AvgIpc) is 2.80. The monoisotopic (exact) mass is 225 g/mol. The molecule has 1 saturated heterocycles. The van der Waals surface area contributed by atoms with Crippen molar-refractivity contribution in [3.63, 3.8) is 0 Å². The van der Waals surface area contributed by atoms with Gasteiger partial charge < -0.3 is 14.2 Å². The van der Waals surface area contributed by atoms with Crippen LogP contribution in [0.2, 0.25) is 0 Å². The molecule has 16 heavy (non-hydrogen) atoms. The van der Waals surface area contributed by atoms with E-state index in [9.17, 15) is 4.79 Å². The SMILES string of the molecule is CCOC(=O)c1noc(N2CCCCC2)n1. The highest BCUT2D eigenvalue weighted by Crippen LogP contribution is 2.17. The lowest BCUT2D eigenvalue weighted by Crippen LogP contribution is -2.29. The van der Waals surface area contributed by atoms with Crippen molar-refractivity contribution in [3.05, 3.63) is 5.82 Å². The van der Waals surface area contributed by atoms with Gasteiger partial charge in [-0.15, -0.1) is 0 Å². The molecule has 0 unspecified atom stereocenters. The zero-order valence-corrected chi connectivity index (χ0v) is 9.31. The van der Waals surface area contributed by atoms with Crippen LogP contribution in [0.15, 0.2) is 4.52 Å². The first-order chi connectivity index (χ1) is 7.81. The van der Waals surface area contributed by atoms with Crippen LogP contribution < -0.4 is 4.90 Å². The minimum atomic E-state index is -0.533. The van der Waals surface area contributed by atoms with Gasteiger partial charge in [0.05, 0.1) is 6.61 Å². The maximum Gasteiger partial charge on any atom is 0.380 e. The first-order valence-electron chi connectivity index (χ1n) is 5.57. The second-order valence-electron chi connectivity index (χ2n) is 3.67. The molecule has 0 atom stereocenters. The lowest BCUT2D eigenvalue weighted by atomic mass is 10.1. The van der Waals surface area contributed by atoms with Gasteiger partial charge in [0, 0.05) is 13.1 Å². The largest absolute Gasteiger partial charge is 0.460 e. The van der Waals surface area contributed by atoms with E-state index in [2.05, 4.69) is 10.1 Å². The van der Waals surface area contributed by atoms with Crippen LogP contribution in [0, 0.1) is 0 Å². The Balaban J connectivity index is 2.03. The molecule has 0 spiro atoms. The fraction of sp³-hybridized carbons (Fsp3) is 0.700. The third kappa shape index (κ3) is 2.32. The smallest absolute Gasteiger partial charge is 0.380 e. The highest BCUT2D eigenvalue weighted by atomic mass is 16.5. The topological polar surface area (TPSA) is 68.5 Å². The lowest BCUT2D eigenvalue weighted by molar-refractivity contribution is 0.0508. The minimum absolute atomic E-state index is 0.00224. The molecule has 1 aliphatic rings. The van der Waals surface area contributed by atoms with Crippen LogP contribution in [0.3, 0.4) is 0 Å². The van der Waals surface area contributed by atoms with Gasteiger partial charge >= 0.3 is 12.0 Å². The molecule has 0 saturated carbocycles. The first kappa shape index (κ1) is 10.9. The van der Waals surface area contributed by atoms with E-state index in [1.54, 1.807) is 6.92 Å². The lowest BCUT2D eigenvalue weighted by Gasteiger charge is -2.23. The Morgan fingerprint density at radius 1 is 1.44 bits per heavy atom. The van der Waals surface area contributed by atoms with Gasteiger partial charge in [-0.3, -0.25) is 0 Å². The van der Waals surface area contributed by atoms with Gasteiger partial charge in [0.25, 0.3) is 5.82 Å². The molecule has 0 bridgehead atoms. The Morgan fingerprint density at radius 2 is 2.19 bits per heavy atom. The summed E-state index contributed by atoms with van der Waals surface area (Å²) in [7, 11) is 0. The number of carbonyl (C=O) groups excluding carboxylic acids is 1. The minimum Gasteiger partial charge on any atom is -0.460 e. The molecule has 0 radical (unpaired) electrons. The van der Waals surface area contributed by atoms with Gasteiger partial charge in [0.15, 0.2) is 0 Å². The summed E-state index contributed by atoms with van der Waals surface area (Å²) in [5, 5.41) is 3.61. The second-order valence-corrected chi connectivity index (χ2v) is 3.67. The van der Waals surface area contributed by atoms with Crippen molar-refractivity contribution in [3.8, 4) is 0 Å². The number of anilines is 1. The number of hydrogen-bond acceptors (Lipinski definition) is 6. The molecule has 0 aliphatic carbocycles. The zero-order chi connectivity index (χ0) is 11.4. The maximum atomic E-state index is 11.3. The van der Waals surface area contributed by atoms with Crippen LogP contribution in [-0.2, 0) is 4.74 Å². The normalized spacial score (nSPS) is 16.2. The predicted molar refractivity (Wildman–Crippen MR) is 56.3 cm³/mol. The first-order valence-corrected chi connectivity index (χ1v) is 5.57. The van der Waals surface area contributed by atoms with E-state index in [4.69, 9.17) is 9.26 Å². The molecule has 0 aromatic carbocycles. The summed E-state index contributed by atoms with van der Waals surface area (Å²) in [4.78, 5) is 17.3. The summed E-state index contributed by atoms with van der Waals surface area (Å²) >= 11 is 0. The fourth-order valence-electron chi connectivity index (χ4n) is 1.71. The summed E-state index contributed by atoms with van der Waals surface area (Å²) in [6.45, 7) is 3.87. The molecule has 2 rings (SSSR count). The van der Waals surface area contributed by atoms with Gasteiger partial charge in [-0.2, -0.15) is 4.98 Å². The highest BCUT2D eigenvalue weighted by Gasteiger charge is 2.20. The maximum absolute atomic E-state index is 11.3. The standard InChI is InChI=1S/C10H15N3O3/c1-2-15-9(14)8-11-10(16-12-8)13-6-4-3-5-7-13/h2-7H2,1H3.